The lowest BCUT2D eigenvalue weighted by Gasteiger charge is -2.49. The minimum atomic E-state index is -2.03. The molecule has 0 aromatic rings. The van der Waals surface area contributed by atoms with Crippen LogP contribution in [0.2, 0.25) is 18.1 Å². The number of esters is 1. The molecule has 1 amide bonds. The molecular formula is C19H33NO4Si. The molecule has 0 aliphatic carbocycles. The Kier molecular flexibility index (Phi) is 6.49. The molecular weight excluding hydrogens is 334 g/mol. The SMILES string of the molecule is CC(=O)O[C@@H]1[C@@H]([C@@H](C)O[Si](C)(C)C(C)(C)C)C(=O)N1C(C)=C=C(C)C. The number of β-lactam (4-membered cyclic amide) rings is 1. The zero-order chi connectivity index (χ0) is 19.7. The monoisotopic (exact) mass is 367 g/mol. The fraction of sp³-hybridized carbons (Fsp3) is 0.737. The fourth-order valence-electron chi connectivity index (χ4n) is 2.71. The largest absolute Gasteiger partial charge is 0.440 e. The molecule has 0 aromatic carbocycles. The standard InChI is InChI=1S/C19H33NO4Si/c1-12(2)11-13(3)20-17(22)16(18(20)23-15(5)21)14(4)24-25(9,10)19(6,7)8/h14,16,18H,1-10H3/t14-,16+,18-/m1/s1. The number of hydrogen-bond acceptors (Lipinski definition) is 4. The highest BCUT2D eigenvalue weighted by atomic mass is 28.4. The molecule has 0 aromatic heterocycles. The Bertz CT molecular complexity index is 607. The summed E-state index contributed by atoms with van der Waals surface area (Å²) in [6.07, 6.45) is -0.940. The molecule has 25 heavy (non-hydrogen) atoms. The summed E-state index contributed by atoms with van der Waals surface area (Å²) < 4.78 is 11.8. The summed E-state index contributed by atoms with van der Waals surface area (Å²) in [5.74, 6) is -0.965. The lowest BCUT2D eigenvalue weighted by atomic mass is 9.90. The lowest BCUT2D eigenvalue weighted by molar-refractivity contribution is -0.199. The zero-order valence-electron chi connectivity index (χ0n) is 17.3. The van der Waals surface area contributed by atoms with Gasteiger partial charge >= 0.3 is 5.97 Å². The van der Waals surface area contributed by atoms with Gasteiger partial charge in [-0.2, -0.15) is 0 Å². The molecule has 142 valence electrons. The van der Waals surface area contributed by atoms with Crippen molar-refractivity contribution in [3.8, 4) is 0 Å². The number of allylic oxidation sites excluding steroid dienone is 1. The van der Waals surface area contributed by atoms with E-state index >= 15 is 0 Å². The Labute approximate surface area is 153 Å². The smallest absolute Gasteiger partial charge is 0.304 e. The molecule has 1 rings (SSSR count). The molecule has 0 spiro atoms. The summed E-state index contributed by atoms with van der Waals surface area (Å²) in [6, 6.07) is 0. The number of ether oxygens (including phenoxy) is 1. The lowest BCUT2D eigenvalue weighted by Crippen LogP contribution is -2.66. The third kappa shape index (κ3) is 4.84. The van der Waals surface area contributed by atoms with Crippen LogP contribution in [0.4, 0.5) is 0 Å². The topological polar surface area (TPSA) is 55.8 Å². The minimum Gasteiger partial charge on any atom is -0.440 e. The number of carbonyl (C=O) groups is 2. The van der Waals surface area contributed by atoms with Crippen LogP contribution in [-0.2, 0) is 18.8 Å². The first-order chi connectivity index (χ1) is 11.2. The average molecular weight is 368 g/mol. The fourth-order valence-corrected chi connectivity index (χ4v) is 4.14. The molecule has 0 radical (unpaired) electrons. The molecule has 1 fully saturated rings. The van der Waals surface area contributed by atoms with Crippen LogP contribution in [0.5, 0.6) is 0 Å². The van der Waals surface area contributed by atoms with Crippen LogP contribution in [0.3, 0.4) is 0 Å². The van der Waals surface area contributed by atoms with Crippen LogP contribution in [-0.4, -0.2) is 37.4 Å². The normalized spacial score (nSPS) is 22.0. The highest BCUT2D eigenvalue weighted by Crippen LogP contribution is 2.41. The Morgan fingerprint density at radius 3 is 2.12 bits per heavy atom. The molecule has 0 N–H and O–H groups in total. The zero-order valence-corrected chi connectivity index (χ0v) is 18.3. The van der Waals surface area contributed by atoms with Gasteiger partial charge in [0, 0.05) is 6.92 Å². The molecule has 1 aliphatic rings. The number of carbonyl (C=O) groups excluding carboxylic acids is 2. The second kappa shape index (κ2) is 7.48. The van der Waals surface area contributed by atoms with E-state index < -0.39 is 26.4 Å². The maximum Gasteiger partial charge on any atom is 0.304 e. The predicted octanol–water partition coefficient (Wildman–Crippen LogP) is 4.21. The molecule has 0 saturated carbocycles. The average Bonchev–Trinajstić information content (AvgIpc) is 2.34. The van der Waals surface area contributed by atoms with Gasteiger partial charge in [0.2, 0.25) is 5.91 Å². The van der Waals surface area contributed by atoms with Crippen molar-refractivity contribution in [3.05, 3.63) is 17.0 Å². The maximum atomic E-state index is 12.8. The number of rotatable bonds is 5. The van der Waals surface area contributed by atoms with E-state index in [2.05, 4.69) is 39.6 Å². The number of hydrogen-bond donors (Lipinski definition) is 0. The highest BCUT2D eigenvalue weighted by molar-refractivity contribution is 6.74. The van der Waals surface area contributed by atoms with Crippen molar-refractivity contribution in [2.24, 2.45) is 5.92 Å². The van der Waals surface area contributed by atoms with Crippen LogP contribution in [0.15, 0.2) is 17.0 Å². The Morgan fingerprint density at radius 2 is 1.72 bits per heavy atom. The van der Waals surface area contributed by atoms with E-state index in [-0.39, 0.29) is 17.0 Å². The van der Waals surface area contributed by atoms with Gasteiger partial charge in [-0.3, -0.25) is 14.5 Å². The highest BCUT2D eigenvalue weighted by Gasteiger charge is 2.55. The molecule has 5 nitrogen and oxygen atoms in total. The minimum absolute atomic E-state index is 0.0442. The van der Waals surface area contributed by atoms with Crippen LogP contribution in [0.1, 0.15) is 55.4 Å². The van der Waals surface area contributed by atoms with Gasteiger partial charge in [-0.1, -0.05) is 20.8 Å². The van der Waals surface area contributed by atoms with Crippen molar-refractivity contribution in [1.82, 2.24) is 4.90 Å². The number of nitrogens with zero attached hydrogens (tertiary/aromatic N) is 1. The first kappa shape index (κ1) is 21.7. The molecule has 1 heterocycles. The van der Waals surface area contributed by atoms with Crippen LogP contribution in [0, 0.1) is 5.92 Å². The molecule has 0 unspecified atom stereocenters. The van der Waals surface area contributed by atoms with Gasteiger partial charge in [-0.05, 0) is 51.4 Å². The summed E-state index contributed by atoms with van der Waals surface area (Å²) in [6.45, 7) is 19.7. The van der Waals surface area contributed by atoms with Crippen molar-refractivity contribution in [2.45, 2.75) is 85.9 Å². The summed E-state index contributed by atoms with van der Waals surface area (Å²) in [5.41, 5.74) is 4.74. The van der Waals surface area contributed by atoms with Crippen LogP contribution >= 0.6 is 0 Å². The van der Waals surface area contributed by atoms with E-state index in [1.807, 2.05) is 20.8 Å². The number of amides is 1. The maximum absolute atomic E-state index is 12.8. The van der Waals surface area contributed by atoms with E-state index in [1.54, 1.807) is 6.92 Å². The molecule has 3 atom stereocenters. The van der Waals surface area contributed by atoms with Crippen molar-refractivity contribution >= 4 is 20.2 Å². The van der Waals surface area contributed by atoms with Gasteiger partial charge < -0.3 is 9.16 Å². The van der Waals surface area contributed by atoms with Gasteiger partial charge in [0.05, 0.1) is 11.8 Å². The molecule has 6 heteroatoms. The second-order valence-electron chi connectivity index (χ2n) is 8.53. The van der Waals surface area contributed by atoms with Crippen molar-refractivity contribution in [3.63, 3.8) is 0 Å². The Morgan fingerprint density at radius 1 is 1.20 bits per heavy atom. The second-order valence-corrected chi connectivity index (χ2v) is 13.3. The quantitative estimate of drug-likeness (QED) is 0.316. The van der Waals surface area contributed by atoms with Gasteiger partial charge in [0.1, 0.15) is 5.92 Å². The number of likely N-dealkylation sites (tertiary alicyclic amines) is 1. The van der Waals surface area contributed by atoms with Gasteiger partial charge in [0.15, 0.2) is 14.5 Å². The first-order valence-corrected chi connectivity index (χ1v) is 11.7. The Hall–Kier alpha value is -1.36. The van der Waals surface area contributed by atoms with E-state index in [9.17, 15) is 9.59 Å². The molecule has 1 aliphatic heterocycles. The van der Waals surface area contributed by atoms with Crippen LogP contribution < -0.4 is 0 Å². The molecule has 0 bridgehead atoms. The third-order valence-electron chi connectivity index (χ3n) is 4.96. The van der Waals surface area contributed by atoms with E-state index in [0.29, 0.717) is 5.70 Å². The summed E-state index contributed by atoms with van der Waals surface area (Å²) in [5, 5.41) is 0.0442. The van der Waals surface area contributed by atoms with Gasteiger partial charge in [-0.25, -0.2) is 0 Å². The predicted molar refractivity (Wildman–Crippen MR) is 101 cm³/mol. The van der Waals surface area contributed by atoms with Crippen molar-refractivity contribution < 1.29 is 18.8 Å². The summed E-state index contributed by atoms with van der Waals surface area (Å²) >= 11 is 0. The molecule has 1 saturated heterocycles. The van der Waals surface area contributed by atoms with E-state index in [4.69, 9.17) is 9.16 Å². The third-order valence-corrected chi connectivity index (χ3v) is 9.53. The Balaban J connectivity index is 3.09. The van der Waals surface area contributed by atoms with Gasteiger partial charge in [0.25, 0.3) is 0 Å². The summed E-state index contributed by atoms with van der Waals surface area (Å²) in [7, 11) is -2.03. The summed E-state index contributed by atoms with van der Waals surface area (Å²) in [4.78, 5) is 25.8. The first-order valence-electron chi connectivity index (χ1n) is 8.78. The van der Waals surface area contributed by atoms with Gasteiger partial charge in [-0.15, -0.1) is 5.73 Å². The van der Waals surface area contributed by atoms with Crippen molar-refractivity contribution in [2.75, 3.05) is 0 Å². The van der Waals surface area contributed by atoms with Crippen LogP contribution in [0.25, 0.3) is 0 Å². The van der Waals surface area contributed by atoms with E-state index in [0.717, 1.165) is 5.57 Å². The van der Waals surface area contributed by atoms with Crippen molar-refractivity contribution in [1.29, 1.82) is 0 Å². The van der Waals surface area contributed by atoms with E-state index in [1.165, 1.54) is 11.8 Å².